The highest BCUT2D eigenvalue weighted by Crippen LogP contribution is 2.23. The molecule has 0 aromatic rings. The average molecular weight is 174 g/mol. The molecule has 0 aliphatic carbocycles. The molecule has 11 heavy (non-hydrogen) atoms. The van der Waals surface area contributed by atoms with Crippen LogP contribution in [0.5, 0.6) is 0 Å². The fourth-order valence-corrected chi connectivity index (χ4v) is 2.45. The second-order valence-corrected chi connectivity index (χ2v) is 4.02. The number of aliphatic hydroxyl groups is 1. The van der Waals surface area contributed by atoms with Gasteiger partial charge in [-0.3, -0.25) is 4.79 Å². The Labute approximate surface area is 71.4 Å². The Kier molecular flexibility index (Phi) is 3.40. The van der Waals surface area contributed by atoms with Gasteiger partial charge in [-0.25, -0.2) is 0 Å². The van der Waals surface area contributed by atoms with Crippen molar-refractivity contribution in [3.8, 4) is 0 Å². The second kappa shape index (κ2) is 4.12. The maximum Gasteiger partial charge on any atom is 0.140 e. The topological polar surface area (TPSA) is 37.3 Å². The van der Waals surface area contributed by atoms with Crippen molar-refractivity contribution in [1.29, 1.82) is 0 Å². The summed E-state index contributed by atoms with van der Waals surface area (Å²) in [7, 11) is 0. The summed E-state index contributed by atoms with van der Waals surface area (Å²) in [6.07, 6.45) is 0.930. The van der Waals surface area contributed by atoms with E-state index in [1.807, 2.05) is 6.92 Å². The van der Waals surface area contributed by atoms with Crippen LogP contribution in [0.2, 0.25) is 0 Å². The monoisotopic (exact) mass is 174 g/mol. The van der Waals surface area contributed by atoms with Gasteiger partial charge in [0.05, 0.1) is 12.0 Å². The van der Waals surface area contributed by atoms with E-state index in [1.165, 1.54) is 0 Å². The smallest absolute Gasteiger partial charge is 0.140 e. The summed E-state index contributed by atoms with van der Waals surface area (Å²) in [5.74, 6) is 1.91. The van der Waals surface area contributed by atoms with Gasteiger partial charge in [0, 0.05) is 17.9 Å². The summed E-state index contributed by atoms with van der Waals surface area (Å²) in [5.41, 5.74) is 0. The summed E-state index contributed by atoms with van der Waals surface area (Å²) >= 11 is 1.77. The van der Waals surface area contributed by atoms with E-state index in [0.29, 0.717) is 12.8 Å². The zero-order valence-corrected chi connectivity index (χ0v) is 7.56. The molecule has 1 aliphatic rings. The van der Waals surface area contributed by atoms with Gasteiger partial charge in [0.2, 0.25) is 0 Å². The molecule has 1 N–H and O–H groups in total. The molecule has 0 aromatic heterocycles. The fraction of sp³-hybridized carbons (Fsp3) is 0.875. The number of carbonyl (C=O) groups excluding carboxylic acids is 1. The Balaban J connectivity index is 2.47. The highest BCUT2D eigenvalue weighted by molar-refractivity contribution is 7.99. The van der Waals surface area contributed by atoms with Crippen molar-refractivity contribution in [2.75, 3.05) is 11.5 Å². The SMILES string of the molecule is CCC(O)C1CSCCC1=O. The van der Waals surface area contributed by atoms with Crippen LogP contribution in [-0.4, -0.2) is 28.5 Å². The fourth-order valence-electron chi connectivity index (χ4n) is 1.27. The van der Waals surface area contributed by atoms with Crippen LogP contribution < -0.4 is 0 Å². The third kappa shape index (κ3) is 2.20. The molecule has 2 unspecified atom stereocenters. The van der Waals surface area contributed by atoms with E-state index in [0.717, 1.165) is 11.5 Å². The summed E-state index contributed by atoms with van der Waals surface area (Å²) in [6, 6.07) is 0. The lowest BCUT2D eigenvalue weighted by atomic mass is 9.96. The summed E-state index contributed by atoms with van der Waals surface area (Å²) in [6.45, 7) is 1.91. The van der Waals surface area contributed by atoms with Crippen LogP contribution in [0.15, 0.2) is 0 Å². The summed E-state index contributed by atoms with van der Waals surface area (Å²) in [4.78, 5) is 11.2. The maximum atomic E-state index is 11.2. The van der Waals surface area contributed by atoms with Crippen molar-refractivity contribution >= 4 is 17.5 Å². The van der Waals surface area contributed by atoms with Gasteiger partial charge in [-0.2, -0.15) is 11.8 Å². The molecule has 3 heteroatoms. The molecule has 0 saturated carbocycles. The van der Waals surface area contributed by atoms with E-state index in [9.17, 15) is 9.90 Å². The molecule has 1 aliphatic heterocycles. The van der Waals surface area contributed by atoms with Crippen LogP contribution in [0.25, 0.3) is 0 Å². The minimum Gasteiger partial charge on any atom is -0.392 e. The van der Waals surface area contributed by atoms with Gasteiger partial charge in [0.25, 0.3) is 0 Å². The number of Topliss-reactive ketones (excluding diaryl/α,β-unsaturated/α-hetero) is 1. The second-order valence-electron chi connectivity index (χ2n) is 2.87. The van der Waals surface area contributed by atoms with Gasteiger partial charge < -0.3 is 5.11 Å². The molecule has 64 valence electrons. The third-order valence-corrected chi connectivity index (χ3v) is 3.17. The molecule has 0 aromatic carbocycles. The van der Waals surface area contributed by atoms with Crippen LogP contribution in [0, 0.1) is 5.92 Å². The van der Waals surface area contributed by atoms with Crippen molar-refractivity contribution in [3.63, 3.8) is 0 Å². The van der Waals surface area contributed by atoms with Crippen LogP contribution in [0.4, 0.5) is 0 Å². The van der Waals surface area contributed by atoms with E-state index in [4.69, 9.17) is 0 Å². The minimum absolute atomic E-state index is 0.0845. The number of ketones is 1. The molecule has 2 atom stereocenters. The molecule has 2 nitrogen and oxygen atoms in total. The number of rotatable bonds is 2. The number of carbonyl (C=O) groups is 1. The lowest BCUT2D eigenvalue weighted by molar-refractivity contribution is -0.125. The Morgan fingerprint density at radius 3 is 3.09 bits per heavy atom. The molecule has 0 radical (unpaired) electrons. The predicted octanol–water partition coefficient (Wildman–Crippen LogP) is 1.08. The zero-order chi connectivity index (χ0) is 8.27. The molecule has 0 amide bonds. The van der Waals surface area contributed by atoms with Gasteiger partial charge in [0.15, 0.2) is 0 Å². The van der Waals surface area contributed by atoms with Crippen molar-refractivity contribution in [1.82, 2.24) is 0 Å². The van der Waals surface area contributed by atoms with E-state index in [2.05, 4.69) is 0 Å². The first kappa shape index (κ1) is 9.07. The van der Waals surface area contributed by atoms with Gasteiger partial charge in [-0.15, -0.1) is 0 Å². The first-order valence-corrected chi connectivity index (χ1v) is 5.19. The van der Waals surface area contributed by atoms with Crippen LogP contribution >= 0.6 is 11.8 Å². The predicted molar refractivity (Wildman–Crippen MR) is 46.7 cm³/mol. The Morgan fingerprint density at radius 1 is 1.82 bits per heavy atom. The van der Waals surface area contributed by atoms with Crippen molar-refractivity contribution in [2.45, 2.75) is 25.9 Å². The van der Waals surface area contributed by atoms with Gasteiger partial charge in [-0.05, 0) is 6.42 Å². The van der Waals surface area contributed by atoms with E-state index in [-0.39, 0.29) is 11.7 Å². The molecule has 0 bridgehead atoms. The Hall–Kier alpha value is -0.0200. The van der Waals surface area contributed by atoms with E-state index >= 15 is 0 Å². The number of thioether (sulfide) groups is 1. The Bertz CT molecular complexity index is 147. The largest absolute Gasteiger partial charge is 0.392 e. The minimum atomic E-state index is -0.407. The summed E-state index contributed by atoms with van der Waals surface area (Å²) in [5, 5.41) is 9.42. The maximum absolute atomic E-state index is 11.2. The highest BCUT2D eigenvalue weighted by atomic mass is 32.2. The first-order chi connectivity index (χ1) is 5.25. The van der Waals surface area contributed by atoms with Crippen molar-refractivity contribution in [3.05, 3.63) is 0 Å². The first-order valence-electron chi connectivity index (χ1n) is 4.04. The van der Waals surface area contributed by atoms with Gasteiger partial charge in [0.1, 0.15) is 5.78 Å². The third-order valence-electron chi connectivity index (χ3n) is 2.09. The van der Waals surface area contributed by atoms with Crippen molar-refractivity contribution < 1.29 is 9.90 Å². The van der Waals surface area contributed by atoms with Gasteiger partial charge in [-0.1, -0.05) is 6.92 Å². The average Bonchev–Trinajstić information content (AvgIpc) is 2.04. The lowest BCUT2D eigenvalue weighted by Crippen LogP contribution is -2.33. The van der Waals surface area contributed by atoms with E-state index in [1.54, 1.807) is 11.8 Å². The standard InChI is InChI=1S/C8H14O2S/c1-2-7(9)6-5-11-4-3-8(6)10/h6-7,9H,2-5H2,1H3. The number of aliphatic hydroxyl groups excluding tert-OH is 1. The zero-order valence-electron chi connectivity index (χ0n) is 6.75. The molecule has 1 heterocycles. The normalized spacial score (nSPS) is 28.5. The lowest BCUT2D eigenvalue weighted by Gasteiger charge is -2.23. The quantitative estimate of drug-likeness (QED) is 0.680. The van der Waals surface area contributed by atoms with Crippen molar-refractivity contribution in [2.24, 2.45) is 5.92 Å². The number of hydrogen-bond donors (Lipinski definition) is 1. The van der Waals surface area contributed by atoms with Crippen LogP contribution in [0.3, 0.4) is 0 Å². The van der Waals surface area contributed by atoms with E-state index < -0.39 is 6.10 Å². The highest BCUT2D eigenvalue weighted by Gasteiger charge is 2.27. The number of hydrogen-bond acceptors (Lipinski definition) is 3. The van der Waals surface area contributed by atoms with Crippen LogP contribution in [0.1, 0.15) is 19.8 Å². The molecule has 1 saturated heterocycles. The Morgan fingerprint density at radius 2 is 2.55 bits per heavy atom. The molecule has 1 rings (SSSR count). The molecular weight excluding hydrogens is 160 g/mol. The molecule has 1 fully saturated rings. The van der Waals surface area contributed by atoms with Crippen LogP contribution in [-0.2, 0) is 4.79 Å². The van der Waals surface area contributed by atoms with Gasteiger partial charge >= 0.3 is 0 Å². The molecule has 0 spiro atoms. The molecular formula is C8H14O2S. The summed E-state index contributed by atoms with van der Waals surface area (Å²) < 4.78 is 0.